The number of aromatic nitrogens is 3. The molecule has 2 aromatic rings. The molecule has 1 fully saturated rings. The van der Waals surface area contributed by atoms with Gasteiger partial charge in [-0.25, -0.2) is 9.97 Å². The number of hydrogen-bond acceptors (Lipinski definition) is 4. The molecule has 1 aliphatic rings. The number of anilines is 1. The predicted molar refractivity (Wildman–Crippen MR) is 75.3 cm³/mol. The molecule has 5 heteroatoms. The van der Waals surface area contributed by atoms with Gasteiger partial charge in [0.25, 0.3) is 0 Å². The highest BCUT2D eigenvalue weighted by Gasteiger charge is 2.39. The summed E-state index contributed by atoms with van der Waals surface area (Å²) in [7, 11) is 1.86. The van der Waals surface area contributed by atoms with Crippen LogP contribution >= 0.6 is 0 Å². The van der Waals surface area contributed by atoms with Crippen LogP contribution in [0.4, 0.5) is 5.82 Å². The van der Waals surface area contributed by atoms with Crippen molar-refractivity contribution in [3.05, 3.63) is 18.0 Å². The third-order valence-electron chi connectivity index (χ3n) is 4.18. The van der Waals surface area contributed by atoms with E-state index >= 15 is 0 Å². The monoisotopic (exact) mass is 260 g/mol. The van der Waals surface area contributed by atoms with Crippen LogP contribution in [0.3, 0.4) is 0 Å². The number of H-pyrrole nitrogens is 1. The van der Waals surface area contributed by atoms with Crippen molar-refractivity contribution in [2.45, 2.75) is 38.9 Å². The molecule has 0 radical (unpaired) electrons. The summed E-state index contributed by atoms with van der Waals surface area (Å²) >= 11 is 0. The van der Waals surface area contributed by atoms with E-state index in [0.717, 1.165) is 22.8 Å². The van der Waals surface area contributed by atoms with Gasteiger partial charge in [0.15, 0.2) is 5.65 Å². The molecule has 3 rings (SSSR count). The van der Waals surface area contributed by atoms with Crippen LogP contribution in [-0.4, -0.2) is 34.2 Å². The van der Waals surface area contributed by atoms with Crippen LogP contribution in [0, 0.1) is 5.92 Å². The smallest absolute Gasteiger partial charge is 0.179 e. The normalized spacial score (nSPS) is 30.9. The van der Waals surface area contributed by atoms with Crippen LogP contribution in [0.5, 0.6) is 0 Å². The summed E-state index contributed by atoms with van der Waals surface area (Å²) in [6.45, 7) is 6.46. The van der Waals surface area contributed by atoms with Crippen LogP contribution in [0.15, 0.2) is 12.1 Å². The molecule has 0 saturated carbocycles. The molecule has 1 aliphatic heterocycles. The van der Waals surface area contributed by atoms with Crippen molar-refractivity contribution in [1.29, 1.82) is 0 Å². The third kappa shape index (κ3) is 1.98. The zero-order valence-corrected chi connectivity index (χ0v) is 11.8. The number of nitrogens with zero attached hydrogens (tertiary/aromatic N) is 2. The summed E-state index contributed by atoms with van der Waals surface area (Å²) in [5.41, 5.74) is 1.74. The van der Waals surface area contributed by atoms with Gasteiger partial charge in [-0.1, -0.05) is 6.92 Å². The Balaban J connectivity index is 2.01. The quantitative estimate of drug-likeness (QED) is 0.871. The van der Waals surface area contributed by atoms with Gasteiger partial charge in [0.2, 0.25) is 0 Å². The van der Waals surface area contributed by atoms with Crippen LogP contribution in [0.2, 0.25) is 0 Å². The van der Waals surface area contributed by atoms with E-state index in [2.05, 4.69) is 41.0 Å². The predicted octanol–water partition coefficient (Wildman–Crippen LogP) is 2.53. The first kappa shape index (κ1) is 12.4. The van der Waals surface area contributed by atoms with Crippen molar-refractivity contribution in [1.82, 2.24) is 15.0 Å². The molecule has 0 aliphatic carbocycles. The zero-order chi connectivity index (χ0) is 13.6. The first-order valence-corrected chi connectivity index (χ1v) is 6.80. The number of rotatable bonds is 2. The number of imidazole rings is 1. The van der Waals surface area contributed by atoms with Gasteiger partial charge in [-0.3, -0.25) is 0 Å². The van der Waals surface area contributed by atoms with E-state index in [1.165, 1.54) is 0 Å². The Morgan fingerprint density at radius 3 is 2.58 bits per heavy atom. The lowest BCUT2D eigenvalue weighted by molar-refractivity contribution is 0.0554. The SMILES string of the molecule is CNc1ccc2[nH]c(C3C(C)OC(C)C3C)nc2n1. The van der Waals surface area contributed by atoms with E-state index in [0.29, 0.717) is 11.8 Å². The molecule has 19 heavy (non-hydrogen) atoms. The van der Waals surface area contributed by atoms with Crippen LogP contribution in [-0.2, 0) is 4.74 Å². The lowest BCUT2D eigenvalue weighted by Gasteiger charge is -2.15. The van der Waals surface area contributed by atoms with Gasteiger partial charge in [-0.15, -0.1) is 0 Å². The first-order valence-electron chi connectivity index (χ1n) is 6.80. The molecule has 0 spiro atoms. The number of aromatic amines is 1. The Morgan fingerprint density at radius 2 is 1.95 bits per heavy atom. The van der Waals surface area contributed by atoms with E-state index in [-0.39, 0.29) is 12.2 Å². The molecule has 0 amide bonds. The number of ether oxygens (including phenoxy) is 1. The lowest BCUT2D eigenvalue weighted by atomic mass is 9.89. The molecule has 5 nitrogen and oxygen atoms in total. The lowest BCUT2D eigenvalue weighted by Crippen LogP contribution is -2.16. The summed E-state index contributed by atoms with van der Waals surface area (Å²) in [5, 5.41) is 3.03. The van der Waals surface area contributed by atoms with E-state index in [1.54, 1.807) is 0 Å². The maximum Gasteiger partial charge on any atom is 0.179 e. The van der Waals surface area contributed by atoms with Gasteiger partial charge in [-0.2, -0.15) is 0 Å². The van der Waals surface area contributed by atoms with E-state index in [9.17, 15) is 0 Å². The second kappa shape index (κ2) is 4.49. The Bertz CT molecular complexity index is 594. The number of hydrogen-bond donors (Lipinski definition) is 2. The van der Waals surface area contributed by atoms with Gasteiger partial charge in [-0.05, 0) is 31.9 Å². The van der Waals surface area contributed by atoms with Gasteiger partial charge >= 0.3 is 0 Å². The Kier molecular flexibility index (Phi) is 2.93. The van der Waals surface area contributed by atoms with Gasteiger partial charge in [0, 0.05) is 13.0 Å². The molecule has 4 unspecified atom stereocenters. The highest BCUT2D eigenvalue weighted by molar-refractivity contribution is 5.73. The average molecular weight is 260 g/mol. The maximum atomic E-state index is 5.89. The molecule has 0 aromatic carbocycles. The highest BCUT2D eigenvalue weighted by atomic mass is 16.5. The highest BCUT2D eigenvalue weighted by Crippen LogP contribution is 2.38. The van der Waals surface area contributed by atoms with E-state index in [4.69, 9.17) is 4.74 Å². The molecule has 2 aromatic heterocycles. The van der Waals surface area contributed by atoms with Crippen molar-refractivity contribution in [2.24, 2.45) is 5.92 Å². The van der Waals surface area contributed by atoms with Crippen LogP contribution < -0.4 is 5.32 Å². The molecular weight excluding hydrogens is 240 g/mol. The molecule has 4 atom stereocenters. The Morgan fingerprint density at radius 1 is 1.16 bits per heavy atom. The number of nitrogens with one attached hydrogen (secondary N) is 2. The topological polar surface area (TPSA) is 62.8 Å². The Labute approximate surface area is 112 Å². The van der Waals surface area contributed by atoms with Crippen LogP contribution in [0.25, 0.3) is 11.2 Å². The molecular formula is C14H20N4O. The summed E-state index contributed by atoms with van der Waals surface area (Å²) in [6, 6.07) is 3.96. The van der Waals surface area contributed by atoms with Crippen molar-refractivity contribution in [3.63, 3.8) is 0 Å². The van der Waals surface area contributed by atoms with E-state index in [1.807, 2.05) is 19.2 Å². The minimum atomic E-state index is 0.189. The second-order valence-corrected chi connectivity index (χ2v) is 5.37. The zero-order valence-electron chi connectivity index (χ0n) is 11.8. The van der Waals surface area contributed by atoms with Crippen molar-refractivity contribution >= 4 is 17.0 Å². The molecule has 2 N–H and O–H groups in total. The fraction of sp³-hybridized carbons (Fsp3) is 0.571. The minimum Gasteiger partial charge on any atom is -0.374 e. The fourth-order valence-electron chi connectivity index (χ4n) is 2.95. The Hall–Kier alpha value is -1.62. The second-order valence-electron chi connectivity index (χ2n) is 5.37. The molecule has 3 heterocycles. The first-order chi connectivity index (χ1) is 9.10. The largest absolute Gasteiger partial charge is 0.374 e. The molecule has 1 saturated heterocycles. The van der Waals surface area contributed by atoms with Gasteiger partial charge in [0.1, 0.15) is 11.6 Å². The fourth-order valence-corrected chi connectivity index (χ4v) is 2.95. The van der Waals surface area contributed by atoms with Crippen molar-refractivity contribution in [3.8, 4) is 0 Å². The molecule has 0 bridgehead atoms. The summed E-state index contributed by atoms with van der Waals surface area (Å²) < 4.78 is 5.89. The number of fused-ring (bicyclic) bond motifs is 1. The standard InChI is InChI=1S/C14H20N4O/c1-7-8(2)19-9(3)12(7)14-16-10-5-6-11(15-4)17-13(10)18-14/h5-9,12H,1-4H3,(H2,15,16,17,18). The van der Waals surface area contributed by atoms with E-state index < -0.39 is 0 Å². The molecule has 102 valence electrons. The average Bonchev–Trinajstić information content (AvgIpc) is 2.90. The van der Waals surface area contributed by atoms with Crippen molar-refractivity contribution in [2.75, 3.05) is 12.4 Å². The van der Waals surface area contributed by atoms with Crippen molar-refractivity contribution < 1.29 is 4.74 Å². The summed E-state index contributed by atoms with van der Waals surface area (Å²) in [6.07, 6.45) is 0.461. The third-order valence-corrected chi connectivity index (χ3v) is 4.18. The van der Waals surface area contributed by atoms with Gasteiger partial charge < -0.3 is 15.0 Å². The summed E-state index contributed by atoms with van der Waals surface area (Å²) in [4.78, 5) is 12.5. The number of pyridine rings is 1. The minimum absolute atomic E-state index is 0.189. The maximum absolute atomic E-state index is 5.89. The van der Waals surface area contributed by atoms with Gasteiger partial charge in [0.05, 0.1) is 17.7 Å². The summed E-state index contributed by atoms with van der Waals surface area (Å²) in [5.74, 6) is 2.59. The van der Waals surface area contributed by atoms with Crippen LogP contribution in [0.1, 0.15) is 32.5 Å².